The van der Waals surface area contributed by atoms with Crippen molar-refractivity contribution in [2.45, 2.75) is 71.4 Å². The van der Waals surface area contributed by atoms with Crippen LogP contribution in [0, 0.1) is 19.8 Å². The Hall–Kier alpha value is -1.40. The number of aromatic nitrogens is 1. The fourth-order valence-corrected chi connectivity index (χ4v) is 3.88. The lowest BCUT2D eigenvalue weighted by molar-refractivity contribution is -0.128. The molecule has 1 saturated carbocycles. The van der Waals surface area contributed by atoms with Gasteiger partial charge in [-0.15, -0.1) is 0 Å². The van der Waals surface area contributed by atoms with Gasteiger partial charge in [0, 0.05) is 6.54 Å². The lowest BCUT2D eigenvalue weighted by Gasteiger charge is -2.31. The third kappa shape index (κ3) is 5.81. The number of nitrogens with zero attached hydrogens (tertiary/aromatic N) is 2. The summed E-state index contributed by atoms with van der Waals surface area (Å²) >= 11 is 0. The highest BCUT2D eigenvalue weighted by Gasteiger charge is 2.22. The molecule has 0 unspecified atom stereocenters. The number of carbonyl (C=O) groups excluding carboxylic acids is 1. The van der Waals surface area contributed by atoms with Crippen molar-refractivity contribution in [2.75, 3.05) is 26.2 Å². The zero-order valence-corrected chi connectivity index (χ0v) is 16.3. The normalized spacial score (nSPS) is 20.4. The molecule has 2 heterocycles. The van der Waals surface area contributed by atoms with Gasteiger partial charge in [0.1, 0.15) is 12.4 Å². The van der Waals surface area contributed by atoms with E-state index in [0.717, 1.165) is 69.2 Å². The van der Waals surface area contributed by atoms with Crippen molar-refractivity contribution in [3.63, 3.8) is 0 Å². The first-order valence-corrected chi connectivity index (χ1v) is 10.1. The molecular formula is C20H33N3O3. The smallest absolute Gasteiger partial charge is 0.246 e. The molecule has 1 saturated heterocycles. The molecule has 0 bridgehead atoms. The van der Waals surface area contributed by atoms with Crippen LogP contribution in [-0.4, -0.2) is 48.1 Å². The van der Waals surface area contributed by atoms with Gasteiger partial charge in [-0.2, -0.15) is 0 Å². The summed E-state index contributed by atoms with van der Waals surface area (Å²) in [6.45, 7) is 7.75. The molecule has 0 atom stereocenters. The van der Waals surface area contributed by atoms with E-state index < -0.39 is 0 Å². The zero-order chi connectivity index (χ0) is 18.4. The maximum Gasteiger partial charge on any atom is 0.246 e. The first kappa shape index (κ1) is 19.4. The van der Waals surface area contributed by atoms with Gasteiger partial charge in [-0.25, -0.2) is 4.98 Å². The monoisotopic (exact) mass is 363 g/mol. The average Bonchev–Trinajstić information content (AvgIpc) is 2.97. The van der Waals surface area contributed by atoms with Crippen molar-refractivity contribution >= 4 is 5.91 Å². The number of amides is 1. The standard InChI is InChI=1S/C20H33N3O3/c1-15-16(2)26-20(22-15)13-23-10-8-17(9-11-23)12-21-19(24)14-25-18-6-4-3-5-7-18/h17-18H,3-14H2,1-2H3,(H,21,24). The maximum absolute atomic E-state index is 12.0. The van der Waals surface area contributed by atoms with E-state index in [1.165, 1.54) is 19.3 Å². The van der Waals surface area contributed by atoms with Crippen LogP contribution in [0.25, 0.3) is 0 Å². The lowest BCUT2D eigenvalue weighted by atomic mass is 9.97. The highest BCUT2D eigenvalue weighted by atomic mass is 16.5. The molecule has 1 aromatic rings. The first-order valence-electron chi connectivity index (χ1n) is 10.1. The molecule has 0 aromatic carbocycles. The second kappa shape index (κ2) is 9.51. The number of hydrogen-bond donors (Lipinski definition) is 1. The summed E-state index contributed by atoms with van der Waals surface area (Å²) in [6.07, 6.45) is 8.48. The van der Waals surface area contributed by atoms with Gasteiger partial charge < -0.3 is 14.5 Å². The Kier molecular flexibility index (Phi) is 7.08. The van der Waals surface area contributed by atoms with Crippen molar-refractivity contribution in [2.24, 2.45) is 5.92 Å². The molecule has 146 valence electrons. The van der Waals surface area contributed by atoms with E-state index in [-0.39, 0.29) is 12.5 Å². The van der Waals surface area contributed by atoms with Gasteiger partial charge >= 0.3 is 0 Å². The van der Waals surface area contributed by atoms with Gasteiger partial charge in [0.2, 0.25) is 11.8 Å². The Bertz CT molecular complexity index is 553. The Morgan fingerprint density at radius 1 is 1.19 bits per heavy atom. The van der Waals surface area contributed by atoms with Crippen molar-refractivity contribution in [1.29, 1.82) is 0 Å². The van der Waals surface area contributed by atoms with Crippen LogP contribution < -0.4 is 5.32 Å². The molecule has 0 spiro atoms. The minimum absolute atomic E-state index is 0.0312. The molecule has 6 heteroatoms. The predicted octanol–water partition coefficient (Wildman–Crippen LogP) is 2.97. The predicted molar refractivity (Wildman–Crippen MR) is 99.8 cm³/mol. The third-order valence-corrected chi connectivity index (χ3v) is 5.73. The molecule has 2 aliphatic rings. The maximum atomic E-state index is 12.0. The van der Waals surface area contributed by atoms with E-state index in [4.69, 9.17) is 9.15 Å². The van der Waals surface area contributed by atoms with Gasteiger partial charge in [-0.3, -0.25) is 9.69 Å². The largest absolute Gasteiger partial charge is 0.444 e. The molecule has 26 heavy (non-hydrogen) atoms. The van der Waals surface area contributed by atoms with Gasteiger partial charge in [0.15, 0.2) is 0 Å². The van der Waals surface area contributed by atoms with Crippen LogP contribution in [0.4, 0.5) is 0 Å². The quantitative estimate of drug-likeness (QED) is 0.807. The summed E-state index contributed by atoms with van der Waals surface area (Å²) in [5, 5.41) is 3.05. The number of rotatable bonds is 7. The molecule has 6 nitrogen and oxygen atoms in total. The van der Waals surface area contributed by atoms with Crippen LogP contribution in [0.5, 0.6) is 0 Å². The number of ether oxygens (including phenoxy) is 1. The summed E-state index contributed by atoms with van der Waals surface area (Å²) in [4.78, 5) is 18.8. The highest BCUT2D eigenvalue weighted by molar-refractivity contribution is 5.77. The van der Waals surface area contributed by atoms with E-state index in [0.29, 0.717) is 12.0 Å². The minimum atomic E-state index is 0.0312. The second-order valence-corrected chi connectivity index (χ2v) is 7.84. The highest BCUT2D eigenvalue weighted by Crippen LogP contribution is 2.21. The molecule has 1 aliphatic carbocycles. The lowest BCUT2D eigenvalue weighted by Crippen LogP contribution is -2.39. The Labute approximate surface area is 156 Å². The number of piperidine rings is 1. The van der Waals surface area contributed by atoms with Gasteiger partial charge in [0.05, 0.1) is 18.3 Å². The number of aryl methyl sites for hydroxylation is 2. The van der Waals surface area contributed by atoms with Gasteiger partial charge in [0.25, 0.3) is 0 Å². The number of likely N-dealkylation sites (tertiary alicyclic amines) is 1. The molecule has 1 aliphatic heterocycles. The number of oxazole rings is 1. The van der Waals surface area contributed by atoms with E-state index >= 15 is 0 Å². The topological polar surface area (TPSA) is 67.6 Å². The summed E-state index contributed by atoms with van der Waals surface area (Å²) < 4.78 is 11.4. The van der Waals surface area contributed by atoms with Crippen molar-refractivity contribution < 1.29 is 13.9 Å². The van der Waals surface area contributed by atoms with E-state index in [2.05, 4.69) is 15.2 Å². The van der Waals surface area contributed by atoms with Crippen LogP contribution in [0.15, 0.2) is 4.42 Å². The summed E-state index contributed by atoms with van der Waals surface area (Å²) in [6, 6.07) is 0. The SMILES string of the molecule is Cc1nc(CN2CCC(CNC(=O)COC3CCCCC3)CC2)oc1C. The number of hydrogen-bond acceptors (Lipinski definition) is 5. The first-order chi connectivity index (χ1) is 12.6. The fourth-order valence-electron chi connectivity index (χ4n) is 3.88. The van der Waals surface area contributed by atoms with Crippen LogP contribution in [0.3, 0.4) is 0 Å². The molecule has 1 amide bonds. The number of nitrogens with one attached hydrogen (secondary N) is 1. The zero-order valence-electron chi connectivity index (χ0n) is 16.3. The second-order valence-electron chi connectivity index (χ2n) is 7.84. The molecule has 1 N–H and O–H groups in total. The van der Waals surface area contributed by atoms with E-state index in [1.807, 2.05) is 13.8 Å². The molecule has 3 rings (SSSR count). The van der Waals surface area contributed by atoms with Crippen molar-refractivity contribution in [3.8, 4) is 0 Å². The molecular weight excluding hydrogens is 330 g/mol. The minimum Gasteiger partial charge on any atom is -0.444 e. The van der Waals surface area contributed by atoms with Crippen LogP contribution in [0.1, 0.15) is 62.3 Å². The van der Waals surface area contributed by atoms with E-state index in [1.54, 1.807) is 0 Å². The average molecular weight is 364 g/mol. The number of carbonyl (C=O) groups is 1. The van der Waals surface area contributed by atoms with Crippen LogP contribution in [-0.2, 0) is 16.1 Å². The molecule has 0 radical (unpaired) electrons. The Morgan fingerprint density at radius 2 is 1.92 bits per heavy atom. The summed E-state index contributed by atoms with van der Waals surface area (Å²) in [5.74, 6) is 2.31. The third-order valence-electron chi connectivity index (χ3n) is 5.73. The summed E-state index contributed by atoms with van der Waals surface area (Å²) in [7, 11) is 0. The molecule has 1 aromatic heterocycles. The summed E-state index contributed by atoms with van der Waals surface area (Å²) in [5.41, 5.74) is 0.980. The Morgan fingerprint density at radius 3 is 2.58 bits per heavy atom. The van der Waals surface area contributed by atoms with Crippen molar-refractivity contribution in [3.05, 3.63) is 17.3 Å². The molecule has 2 fully saturated rings. The van der Waals surface area contributed by atoms with Crippen LogP contribution in [0.2, 0.25) is 0 Å². The van der Waals surface area contributed by atoms with Gasteiger partial charge in [-0.1, -0.05) is 19.3 Å². The fraction of sp³-hybridized carbons (Fsp3) is 0.800. The van der Waals surface area contributed by atoms with E-state index in [9.17, 15) is 4.79 Å². The van der Waals surface area contributed by atoms with Crippen molar-refractivity contribution in [1.82, 2.24) is 15.2 Å². The Balaban J connectivity index is 1.29. The van der Waals surface area contributed by atoms with Gasteiger partial charge in [-0.05, 0) is 58.5 Å². The van der Waals surface area contributed by atoms with Crippen LogP contribution >= 0.6 is 0 Å².